The Morgan fingerprint density at radius 3 is 2.77 bits per heavy atom. The van der Waals surface area contributed by atoms with Crippen molar-refractivity contribution in [2.45, 2.75) is 47.3 Å². The molecule has 2 aliphatic rings. The molecule has 0 saturated heterocycles. The fourth-order valence-corrected chi connectivity index (χ4v) is 8.37. The zero-order chi connectivity index (χ0) is 17.9. The van der Waals surface area contributed by atoms with E-state index in [9.17, 15) is 0 Å². The normalized spacial score (nSPS) is 19.1. The van der Waals surface area contributed by atoms with Crippen molar-refractivity contribution in [3.05, 3.63) is 53.1 Å². The molecule has 2 heterocycles. The van der Waals surface area contributed by atoms with Crippen molar-refractivity contribution in [2.24, 2.45) is 0 Å². The third-order valence-electron chi connectivity index (χ3n) is 4.67. The molecule has 0 aliphatic carbocycles. The Labute approximate surface area is 176 Å². The van der Waals surface area contributed by atoms with Gasteiger partial charge in [-0.1, -0.05) is 0 Å². The summed E-state index contributed by atoms with van der Waals surface area (Å²) in [5.41, 5.74) is 7.23. The van der Waals surface area contributed by atoms with E-state index in [1.54, 1.807) is 5.56 Å². The molecule has 0 aromatic heterocycles. The molecule has 0 amide bonds. The fourth-order valence-electron chi connectivity index (χ4n) is 3.41. The first-order chi connectivity index (χ1) is 12.7. The maximum atomic E-state index is 3.82. The van der Waals surface area contributed by atoms with Crippen LogP contribution in [0.4, 0.5) is 11.4 Å². The van der Waals surface area contributed by atoms with Gasteiger partial charge in [0.2, 0.25) is 0 Å². The number of nitrogens with one attached hydrogen (secondary N) is 2. The summed E-state index contributed by atoms with van der Waals surface area (Å²) in [6, 6.07) is 14.4. The van der Waals surface area contributed by atoms with Crippen LogP contribution in [0.1, 0.15) is 30.5 Å². The predicted molar refractivity (Wildman–Crippen MR) is 113 cm³/mol. The number of benzene rings is 2. The van der Waals surface area contributed by atoms with Gasteiger partial charge in [0.15, 0.2) is 0 Å². The molecule has 2 aromatic carbocycles. The average Bonchev–Trinajstić information content (AvgIpc) is 2.65. The number of rotatable bonds is 5. The van der Waals surface area contributed by atoms with E-state index in [0.717, 1.165) is 3.92 Å². The SMILES string of the molecule is CC(C)Nc1ccc2c(c1)CC([I-]Nc1ccc3c(c1)CCSC3)CS2. The van der Waals surface area contributed by atoms with Gasteiger partial charge < -0.3 is 0 Å². The number of halogens is 1. The van der Waals surface area contributed by atoms with Crippen molar-refractivity contribution in [3.8, 4) is 0 Å². The molecule has 0 saturated carbocycles. The second kappa shape index (κ2) is 8.65. The molecular weight excluding hydrogens is 471 g/mol. The van der Waals surface area contributed by atoms with Crippen LogP contribution < -0.4 is 30.3 Å². The molecule has 2 N–H and O–H groups in total. The van der Waals surface area contributed by atoms with Gasteiger partial charge in [0.05, 0.1) is 0 Å². The second-order valence-corrected chi connectivity index (χ2v) is 12.3. The van der Waals surface area contributed by atoms with Crippen LogP contribution in [0, 0.1) is 0 Å². The monoisotopic (exact) mass is 497 g/mol. The summed E-state index contributed by atoms with van der Waals surface area (Å²) >= 11 is 4.06. The molecule has 0 bridgehead atoms. The van der Waals surface area contributed by atoms with Gasteiger partial charge in [-0.15, -0.1) is 0 Å². The molecule has 1 unspecified atom stereocenters. The number of thioether (sulfide) groups is 2. The zero-order valence-electron chi connectivity index (χ0n) is 15.3. The Hall–Kier alpha value is -0.530. The van der Waals surface area contributed by atoms with E-state index < -0.39 is 0 Å². The van der Waals surface area contributed by atoms with E-state index in [1.807, 2.05) is 11.8 Å². The van der Waals surface area contributed by atoms with Crippen LogP contribution in [0.2, 0.25) is 0 Å². The molecule has 2 aliphatic heterocycles. The van der Waals surface area contributed by atoms with Gasteiger partial charge in [-0.3, -0.25) is 0 Å². The van der Waals surface area contributed by atoms with Gasteiger partial charge >= 0.3 is 177 Å². The molecule has 0 fully saturated rings. The second-order valence-electron chi connectivity index (χ2n) is 7.22. The molecule has 140 valence electrons. The average molecular weight is 497 g/mol. The van der Waals surface area contributed by atoms with Crippen molar-refractivity contribution in [1.29, 1.82) is 0 Å². The number of hydrogen-bond acceptors (Lipinski definition) is 4. The molecule has 0 radical (unpaired) electrons. The van der Waals surface area contributed by atoms with E-state index >= 15 is 0 Å². The Bertz CT molecular complexity index is 779. The van der Waals surface area contributed by atoms with Gasteiger partial charge in [-0.05, 0) is 0 Å². The molecule has 4 rings (SSSR count). The van der Waals surface area contributed by atoms with Crippen molar-refractivity contribution in [1.82, 2.24) is 0 Å². The number of hydrogen-bond donors (Lipinski definition) is 2. The third kappa shape index (κ3) is 4.65. The Balaban J connectivity index is 1.38. The van der Waals surface area contributed by atoms with Crippen LogP contribution in [-0.4, -0.2) is 21.5 Å². The number of fused-ring (bicyclic) bond motifs is 2. The summed E-state index contributed by atoms with van der Waals surface area (Å²) in [4.78, 5) is 1.48. The van der Waals surface area contributed by atoms with Gasteiger partial charge in [0.25, 0.3) is 0 Å². The van der Waals surface area contributed by atoms with E-state index in [4.69, 9.17) is 0 Å². The summed E-state index contributed by atoms with van der Waals surface area (Å²) < 4.78 is 4.61. The Morgan fingerprint density at radius 1 is 1.04 bits per heavy atom. The zero-order valence-corrected chi connectivity index (χ0v) is 19.1. The molecule has 1 atom stereocenters. The first kappa shape index (κ1) is 18.8. The van der Waals surface area contributed by atoms with Crippen molar-refractivity contribution < 1.29 is 21.5 Å². The van der Waals surface area contributed by atoms with Crippen molar-refractivity contribution >= 4 is 34.9 Å². The molecular formula is C21H26IN2S2-. The summed E-state index contributed by atoms with van der Waals surface area (Å²) in [6.07, 6.45) is 2.45. The van der Waals surface area contributed by atoms with Gasteiger partial charge in [-0.2, -0.15) is 0 Å². The van der Waals surface area contributed by atoms with Crippen LogP contribution in [0.15, 0.2) is 41.3 Å². The third-order valence-corrected chi connectivity index (χ3v) is 10.3. The molecule has 26 heavy (non-hydrogen) atoms. The van der Waals surface area contributed by atoms with Crippen LogP contribution in [0.25, 0.3) is 0 Å². The minimum atomic E-state index is -0.0391. The molecule has 2 aromatic rings. The first-order valence-corrected chi connectivity index (χ1v) is 13.7. The van der Waals surface area contributed by atoms with Gasteiger partial charge in [0.1, 0.15) is 0 Å². The number of aryl methyl sites for hydroxylation is 1. The predicted octanol–water partition coefficient (Wildman–Crippen LogP) is 2.43. The van der Waals surface area contributed by atoms with Crippen LogP contribution >= 0.6 is 23.5 Å². The van der Waals surface area contributed by atoms with Crippen LogP contribution in [-0.2, 0) is 18.6 Å². The molecule has 5 heteroatoms. The Kier molecular flexibility index (Phi) is 6.26. The summed E-state index contributed by atoms with van der Waals surface area (Å²) in [5.74, 6) is 3.72. The molecule has 2 nitrogen and oxygen atoms in total. The van der Waals surface area contributed by atoms with Gasteiger partial charge in [0, 0.05) is 0 Å². The number of alkyl halides is 1. The Morgan fingerprint density at radius 2 is 1.88 bits per heavy atom. The quantitative estimate of drug-likeness (QED) is 0.377. The van der Waals surface area contributed by atoms with E-state index in [-0.39, 0.29) is 21.5 Å². The summed E-state index contributed by atoms with van der Waals surface area (Å²) in [7, 11) is 0. The van der Waals surface area contributed by atoms with E-state index in [2.05, 4.69) is 70.9 Å². The number of anilines is 2. The first-order valence-electron chi connectivity index (χ1n) is 9.27. The van der Waals surface area contributed by atoms with Crippen LogP contribution in [0.3, 0.4) is 0 Å². The maximum absolute atomic E-state index is 3.82. The fraction of sp³-hybridized carbons (Fsp3) is 0.429. The molecule has 0 spiro atoms. The van der Waals surface area contributed by atoms with Crippen molar-refractivity contribution in [2.75, 3.05) is 20.4 Å². The minimum absolute atomic E-state index is 0.0391. The van der Waals surface area contributed by atoms with Crippen LogP contribution in [0.5, 0.6) is 0 Å². The standard InChI is InChI=1S/C21H26IN2S2/c1-14(2)23-19-5-6-21-17(11-19)9-18(13-26-21)22-24-20-4-3-16-12-25-8-7-15(16)10-20/h3-6,10-11,14,18,23-24H,7-9,12-13H2,1-2H3/q-1. The van der Waals surface area contributed by atoms with Crippen molar-refractivity contribution in [3.63, 3.8) is 0 Å². The summed E-state index contributed by atoms with van der Waals surface area (Å²) in [5, 5.41) is 3.54. The topological polar surface area (TPSA) is 24.1 Å². The van der Waals surface area contributed by atoms with E-state index in [0.29, 0.717) is 6.04 Å². The summed E-state index contributed by atoms with van der Waals surface area (Å²) in [6.45, 7) is 4.40. The van der Waals surface area contributed by atoms with Gasteiger partial charge in [-0.25, -0.2) is 0 Å². The van der Waals surface area contributed by atoms with E-state index in [1.165, 1.54) is 57.5 Å².